The molecule has 0 unspecified atom stereocenters. The Bertz CT molecular complexity index is 1020. The highest BCUT2D eigenvalue weighted by Gasteiger charge is 2.25. The SMILES string of the molecule is O=C(Nc1ccc2c(c1)OCCO2)O[C@H]1COCCN(c2nc3ccccc3o2)C1. The summed E-state index contributed by atoms with van der Waals surface area (Å²) < 4.78 is 28.1. The third kappa shape index (κ3) is 3.97. The minimum atomic E-state index is -0.570. The number of fused-ring (bicyclic) bond motifs is 2. The zero-order valence-electron chi connectivity index (χ0n) is 16.2. The molecule has 9 nitrogen and oxygen atoms in total. The van der Waals surface area contributed by atoms with Crippen LogP contribution in [0.15, 0.2) is 46.9 Å². The predicted octanol–water partition coefficient (Wildman–Crippen LogP) is 3.05. The van der Waals surface area contributed by atoms with Gasteiger partial charge in [-0.3, -0.25) is 5.32 Å². The van der Waals surface area contributed by atoms with E-state index < -0.39 is 12.2 Å². The number of ether oxygens (including phenoxy) is 4. The van der Waals surface area contributed by atoms with Gasteiger partial charge in [-0.1, -0.05) is 12.1 Å². The van der Waals surface area contributed by atoms with Crippen molar-refractivity contribution >= 4 is 28.9 Å². The zero-order valence-corrected chi connectivity index (χ0v) is 16.2. The Morgan fingerprint density at radius 2 is 1.97 bits per heavy atom. The maximum absolute atomic E-state index is 12.4. The maximum atomic E-state index is 12.4. The van der Waals surface area contributed by atoms with E-state index in [4.69, 9.17) is 23.4 Å². The van der Waals surface area contributed by atoms with Crippen LogP contribution in [0.1, 0.15) is 0 Å². The van der Waals surface area contributed by atoms with E-state index in [2.05, 4.69) is 10.3 Å². The first-order valence-electron chi connectivity index (χ1n) is 9.80. The number of aromatic nitrogens is 1. The molecule has 9 heteroatoms. The van der Waals surface area contributed by atoms with Crippen molar-refractivity contribution in [2.24, 2.45) is 0 Å². The van der Waals surface area contributed by atoms with Crippen LogP contribution in [0.4, 0.5) is 16.5 Å². The van der Waals surface area contributed by atoms with E-state index in [1.165, 1.54) is 0 Å². The lowest BCUT2D eigenvalue weighted by Gasteiger charge is -2.22. The van der Waals surface area contributed by atoms with Crippen molar-refractivity contribution in [2.45, 2.75) is 6.10 Å². The molecule has 3 heterocycles. The van der Waals surface area contributed by atoms with Gasteiger partial charge >= 0.3 is 6.09 Å². The first-order chi connectivity index (χ1) is 14.7. The fraction of sp³-hybridized carbons (Fsp3) is 0.333. The average Bonchev–Trinajstić information content (AvgIpc) is 3.06. The third-order valence-electron chi connectivity index (χ3n) is 4.85. The second-order valence-corrected chi connectivity index (χ2v) is 7.00. The molecule has 0 radical (unpaired) electrons. The monoisotopic (exact) mass is 411 g/mol. The quantitative estimate of drug-likeness (QED) is 0.703. The molecule has 2 aliphatic rings. The largest absolute Gasteiger partial charge is 0.486 e. The van der Waals surface area contributed by atoms with E-state index in [1.807, 2.05) is 29.2 Å². The zero-order chi connectivity index (χ0) is 20.3. The smallest absolute Gasteiger partial charge is 0.412 e. The van der Waals surface area contributed by atoms with Crippen LogP contribution in [-0.4, -0.2) is 56.7 Å². The van der Waals surface area contributed by atoms with Gasteiger partial charge in [-0.15, -0.1) is 0 Å². The van der Waals surface area contributed by atoms with Crippen molar-refractivity contribution in [3.05, 3.63) is 42.5 Å². The van der Waals surface area contributed by atoms with Crippen molar-refractivity contribution in [3.63, 3.8) is 0 Å². The molecule has 0 bridgehead atoms. The molecule has 1 atom stereocenters. The topological polar surface area (TPSA) is 95.3 Å². The maximum Gasteiger partial charge on any atom is 0.412 e. The second-order valence-electron chi connectivity index (χ2n) is 7.00. The number of rotatable bonds is 3. The van der Waals surface area contributed by atoms with E-state index >= 15 is 0 Å². The van der Waals surface area contributed by atoms with E-state index in [9.17, 15) is 4.79 Å². The fourth-order valence-electron chi connectivity index (χ4n) is 3.44. The average molecular weight is 411 g/mol. The van der Waals surface area contributed by atoms with Crippen LogP contribution in [0.3, 0.4) is 0 Å². The van der Waals surface area contributed by atoms with Crippen LogP contribution in [-0.2, 0) is 9.47 Å². The minimum Gasteiger partial charge on any atom is -0.486 e. The van der Waals surface area contributed by atoms with Crippen molar-refractivity contribution < 1.29 is 28.2 Å². The van der Waals surface area contributed by atoms with Gasteiger partial charge in [0.15, 0.2) is 17.1 Å². The van der Waals surface area contributed by atoms with E-state index in [-0.39, 0.29) is 0 Å². The minimum absolute atomic E-state index is 0.297. The number of benzene rings is 2. The van der Waals surface area contributed by atoms with Crippen LogP contribution in [0.25, 0.3) is 11.1 Å². The van der Waals surface area contributed by atoms with Gasteiger partial charge in [0, 0.05) is 18.3 Å². The summed E-state index contributed by atoms with van der Waals surface area (Å²) in [6.07, 6.45) is -1.04. The Labute approximate surface area is 172 Å². The third-order valence-corrected chi connectivity index (χ3v) is 4.85. The molecule has 0 spiro atoms. The molecular weight excluding hydrogens is 390 g/mol. The number of nitrogens with zero attached hydrogens (tertiary/aromatic N) is 2. The number of oxazole rings is 1. The molecule has 3 aromatic rings. The van der Waals surface area contributed by atoms with Gasteiger partial charge in [-0.05, 0) is 24.3 Å². The van der Waals surface area contributed by atoms with Gasteiger partial charge < -0.3 is 28.3 Å². The molecule has 2 aliphatic heterocycles. The lowest BCUT2D eigenvalue weighted by molar-refractivity contribution is 0.0443. The summed E-state index contributed by atoms with van der Waals surface area (Å²) in [4.78, 5) is 18.9. The van der Waals surface area contributed by atoms with E-state index in [1.54, 1.807) is 18.2 Å². The van der Waals surface area contributed by atoms with Crippen molar-refractivity contribution in [1.29, 1.82) is 0 Å². The van der Waals surface area contributed by atoms with Crippen LogP contribution >= 0.6 is 0 Å². The molecule has 30 heavy (non-hydrogen) atoms. The molecule has 1 fully saturated rings. The van der Waals surface area contributed by atoms with Gasteiger partial charge in [0.25, 0.3) is 6.01 Å². The van der Waals surface area contributed by atoms with Gasteiger partial charge in [0.05, 0.1) is 19.8 Å². The molecule has 156 valence electrons. The Morgan fingerprint density at radius 1 is 1.10 bits per heavy atom. The Hall–Kier alpha value is -3.46. The number of amides is 1. The predicted molar refractivity (Wildman–Crippen MR) is 108 cm³/mol. The Balaban J connectivity index is 1.24. The van der Waals surface area contributed by atoms with Crippen molar-refractivity contribution in [2.75, 3.05) is 49.7 Å². The summed E-state index contributed by atoms with van der Waals surface area (Å²) in [5.41, 5.74) is 2.06. The number of nitrogens with one attached hydrogen (secondary N) is 1. The first-order valence-corrected chi connectivity index (χ1v) is 9.80. The highest BCUT2D eigenvalue weighted by atomic mass is 16.6. The molecular formula is C21H21N3O6. The van der Waals surface area contributed by atoms with Crippen LogP contribution in [0.5, 0.6) is 11.5 Å². The van der Waals surface area contributed by atoms with Crippen LogP contribution < -0.4 is 19.7 Å². The lowest BCUT2D eigenvalue weighted by atomic mass is 10.2. The van der Waals surface area contributed by atoms with Crippen molar-refractivity contribution in [3.8, 4) is 11.5 Å². The highest BCUT2D eigenvalue weighted by Crippen LogP contribution is 2.32. The standard InChI is InChI=1S/C21H21N3O6/c25-21(22-14-5-6-18-19(11-14)28-10-9-27-18)29-15-12-24(7-8-26-13-15)20-23-16-3-1-2-4-17(16)30-20/h1-6,11,15H,7-10,12-13H2,(H,22,25)/t15-/m1/s1. The molecule has 1 amide bonds. The number of anilines is 2. The second kappa shape index (κ2) is 8.11. The number of hydrogen-bond donors (Lipinski definition) is 1. The normalized spacial score (nSPS) is 18.7. The number of hydrogen-bond acceptors (Lipinski definition) is 8. The van der Waals surface area contributed by atoms with Crippen LogP contribution in [0.2, 0.25) is 0 Å². The number of carbonyl (C=O) groups is 1. The molecule has 1 saturated heterocycles. The van der Waals surface area contributed by atoms with Gasteiger partial charge in [-0.2, -0.15) is 4.98 Å². The molecule has 2 aromatic carbocycles. The number of para-hydroxylation sites is 2. The summed E-state index contributed by atoms with van der Waals surface area (Å²) in [6, 6.07) is 13.3. The highest BCUT2D eigenvalue weighted by molar-refractivity contribution is 5.85. The number of carbonyl (C=O) groups excluding carboxylic acids is 1. The molecule has 5 rings (SSSR count). The fourth-order valence-corrected chi connectivity index (χ4v) is 3.44. The Morgan fingerprint density at radius 3 is 2.87 bits per heavy atom. The van der Waals surface area contributed by atoms with E-state index in [0.717, 1.165) is 5.52 Å². The summed E-state index contributed by atoms with van der Waals surface area (Å²) >= 11 is 0. The Kier molecular flexibility index (Phi) is 5.02. The molecule has 1 aromatic heterocycles. The van der Waals surface area contributed by atoms with Crippen LogP contribution in [0, 0.1) is 0 Å². The molecule has 1 N–H and O–H groups in total. The van der Waals surface area contributed by atoms with Crippen molar-refractivity contribution in [1.82, 2.24) is 4.98 Å². The molecule has 0 saturated carbocycles. The summed E-state index contributed by atoms with van der Waals surface area (Å²) in [6.45, 7) is 2.79. The summed E-state index contributed by atoms with van der Waals surface area (Å²) in [7, 11) is 0. The lowest BCUT2D eigenvalue weighted by Crippen LogP contribution is -2.36. The van der Waals surface area contributed by atoms with E-state index in [0.29, 0.717) is 68.3 Å². The summed E-state index contributed by atoms with van der Waals surface area (Å²) in [5.74, 6) is 1.25. The van der Waals surface area contributed by atoms with Gasteiger partial charge in [-0.25, -0.2) is 4.79 Å². The van der Waals surface area contributed by atoms with Gasteiger partial charge in [0.1, 0.15) is 24.8 Å². The first kappa shape index (κ1) is 18.6. The van der Waals surface area contributed by atoms with Gasteiger partial charge in [0.2, 0.25) is 0 Å². The molecule has 0 aliphatic carbocycles. The summed E-state index contributed by atoms with van der Waals surface area (Å²) in [5, 5.41) is 2.73.